The van der Waals surface area contributed by atoms with Crippen molar-refractivity contribution < 1.29 is 4.79 Å². The summed E-state index contributed by atoms with van der Waals surface area (Å²) in [4.78, 5) is 17.7. The molecule has 0 aliphatic carbocycles. The van der Waals surface area contributed by atoms with Crippen LogP contribution in [0.4, 0.5) is 0 Å². The first-order valence-corrected chi connectivity index (χ1v) is 5.63. The maximum absolute atomic E-state index is 11.9. The SMILES string of the molecule is [NH]C1CCN(C(=O)Cc2ccncc2)CC1. The normalized spacial score (nSPS) is 17.4. The van der Waals surface area contributed by atoms with E-state index in [1.807, 2.05) is 17.0 Å². The number of likely N-dealkylation sites (tertiary alicyclic amines) is 1. The predicted molar refractivity (Wildman–Crippen MR) is 60.6 cm³/mol. The van der Waals surface area contributed by atoms with Gasteiger partial charge in [-0.1, -0.05) is 0 Å². The number of nitrogens with zero attached hydrogens (tertiary/aromatic N) is 2. The molecule has 1 aliphatic rings. The molecule has 1 aromatic rings. The minimum absolute atomic E-state index is 0.0185. The van der Waals surface area contributed by atoms with E-state index in [0.717, 1.165) is 31.5 Å². The van der Waals surface area contributed by atoms with E-state index in [9.17, 15) is 4.79 Å². The van der Waals surface area contributed by atoms with Gasteiger partial charge in [-0.2, -0.15) is 0 Å². The summed E-state index contributed by atoms with van der Waals surface area (Å²) in [7, 11) is 0. The number of amides is 1. The molecule has 1 saturated heterocycles. The molecular formula is C12H16N3O. The molecule has 0 spiro atoms. The lowest BCUT2D eigenvalue weighted by molar-refractivity contribution is -0.131. The number of carbonyl (C=O) groups excluding carboxylic acids is 1. The Balaban J connectivity index is 1.89. The Morgan fingerprint density at radius 2 is 2.00 bits per heavy atom. The first-order chi connectivity index (χ1) is 7.75. The monoisotopic (exact) mass is 218 g/mol. The van der Waals surface area contributed by atoms with Gasteiger partial charge in [0.2, 0.25) is 5.91 Å². The van der Waals surface area contributed by atoms with Crippen LogP contribution in [-0.4, -0.2) is 34.9 Å². The van der Waals surface area contributed by atoms with E-state index >= 15 is 0 Å². The van der Waals surface area contributed by atoms with Crippen LogP contribution in [0.25, 0.3) is 0 Å². The molecule has 1 aliphatic heterocycles. The molecule has 2 rings (SSSR count). The van der Waals surface area contributed by atoms with Crippen molar-refractivity contribution in [1.82, 2.24) is 15.6 Å². The standard InChI is InChI=1S/C12H16N3O/c13-11-3-7-15(8-4-11)12(16)9-10-1-5-14-6-2-10/h1-2,5-6,11,13H,3-4,7-9H2. The fourth-order valence-corrected chi connectivity index (χ4v) is 1.92. The largest absolute Gasteiger partial charge is 0.342 e. The van der Waals surface area contributed by atoms with Gasteiger partial charge in [0.15, 0.2) is 0 Å². The molecule has 0 bridgehead atoms. The lowest BCUT2D eigenvalue weighted by atomic mass is 10.1. The summed E-state index contributed by atoms with van der Waals surface area (Å²) in [6, 6.07) is 3.76. The molecule has 16 heavy (non-hydrogen) atoms. The number of pyridine rings is 1. The molecule has 0 unspecified atom stereocenters. The van der Waals surface area contributed by atoms with Gasteiger partial charge in [-0.05, 0) is 30.5 Å². The zero-order chi connectivity index (χ0) is 11.4. The van der Waals surface area contributed by atoms with Crippen molar-refractivity contribution in [1.29, 1.82) is 0 Å². The third-order valence-electron chi connectivity index (χ3n) is 2.95. The molecule has 4 nitrogen and oxygen atoms in total. The van der Waals surface area contributed by atoms with Crippen molar-refractivity contribution in [3.05, 3.63) is 30.1 Å². The van der Waals surface area contributed by atoms with Gasteiger partial charge in [-0.15, -0.1) is 0 Å². The van der Waals surface area contributed by atoms with E-state index in [1.165, 1.54) is 0 Å². The quantitative estimate of drug-likeness (QED) is 0.740. The highest BCUT2D eigenvalue weighted by molar-refractivity contribution is 5.78. The van der Waals surface area contributed by atoms with Gasteiger partial charge in [0, 0.05) is 31.5 Å². The van der Waals surface area contributed by atoms with E-state index in [2.05, 4.69) is 4.98 Å². The summed E-state index contributed by atoms with van der Waals surface area (Å²) < 4.78 is 0. The Morgan fingerprint density at radius 1 is 1.38 bits per heavy atom. The van der Waals surface area contributed by atoms with E-state index in [1.54, 1.807) is 12.4 Å². The third-order valence-corrected chi connectivity index (χ3v) is 2.95. The highest BCUT2D eigenvalue weighted by Crippen LogP contribution is 2.11. The predicted octanol–water partition coefficient (Wildman–Crippen LogP) is 0.898. The second-order valence-corrected chi connectivity index (χ2v) is 4.19. The Kier molecular flexibility index (Phi) is 3.51. The molecular weight excluding hydrogens is 202 g/mol. The van der Waals surface area contributed by atoms with Crippen LogP contribution < -0.4 is 5.73 Å². The van der Waals surface area contributed by atoms with E-state index in [-0.39, 0.29) is 11.9 Å². The Morgan fingerprint density at radius 3 is 2.62 bits per heavy atom. The van der Waals surface area contributed by atoms with Gasteiger partial charge < -0.3 is 4.90 Å². The van der Waals surface area contributed by atoms with Crippen molar-refractivity contribution in [3.8, 4) is 0 Å². The summed E-state index contributed by atoms with van der Waals surface area (Å²) in [6.45, 7) is 1.47. The Hall–Kier alpha value is -1.42. The summed E-state index contributed by atoms with van der Waals surface area (Å²) in [6.07, 6.45) is 5.48. The minimum Gasteiger partial charge on any atom is -0.342 e. The van der Waals surface area contributed by atoms with Crippen LogP contribution in [0, 0.1) is 0 Å². The van der Waals surface area contributed by atoms with Crippen LogP contribution in [0.3, 0.4) is 0 Å². The molecule has 4 heteroatoms. The van der Waals surface area contributed by atoms with Crippen LogP contribution >= 0.6 is 0 Å². The van der Waals surface area contributed by atoms with Crippen LogP contribution in [0.1, 0.15) is 18.4 Å². The van der Waals surface area contributed by atoms with Gasteiger partial charge in [0.05, 0.1) is 6.42 Å². The van der Waals surface area contributed by atoms with Crippen molar-refractivity contribution in [3.63, 3.8) is 0 Å². The van der Waals surface area contributed by atoms with Gasteiger partial charge in [0.25, 0.3) is 0 Å². The van der Waals surface area contributed by atoms with Crippen molar-refractivity contribution in [2.75, 3.05) is 13.1 Å². The minimum atomic E-state index is 0.0185. The highest BCUT2D eigenvalue weighted by Gasteiger charge is 2.20. The van der Waals surface area contributed by atoms with Crippen LogP contribution in [0.5, 0.6) is 0 Å². The smallest absolute Gasteiger partial charge is 0.226 e. The molecule has 1 amide bonds. The van der Waals surface area contributed by atoms with Crippen molar-refractivity contribution in [2.45, 2.75) is 25.3 Å². The number of carbonyl (C=O) groups is 1. The summed E-state index contributed by atoms with van der Waals surface area (Å²) in [5.74, 6) is 0.165. The molecule has 0 atom stereocenters. The lowest BCUT2D eigenvalue weighted by Crippen LogP contribution is -2.41. The van der Waals surface area contributed by atoms with Crippen molar-refractivity contribution >= 4 is 5.91 Å². The maximum atomic E-state index is 11.9. The average molecular weight is 218 g/mol. The summed E-state index contributed by atoms with van der Waals surface area (Å²) in [5, 5.41) is 0. The maximum Gasteiger partial charge on any atom is 0.226 e. The third kappa shape index (κ3) is 2.79. The molecule has 1 aromatic heterocycles. The topological polar surface area (TPSA) is 57.0 Å². The number of piperidine rings is 1. The molecule has 0 saturated carbocycles. The number of aromatic nitrogens is 1. The number of nitrogens with one attached hydrogen (secondary N) is 1. The Bertz CT molecular complexity index is 345. The van der Waals surface area contributed by atoms with E-state index in [4.69, 9.17) is 5.73 Å². The molecule has 85 valence electrons. The second kappa shape index (κ2) is 5.07. The zero-order valence-corrected chi connectivity index (χ0v) is 9.22. The molecule has 1 radical (unpaired) electrons. The number of hydrogen-bond donors (Lipinski definition) is 0. The van der Waals surface area contributed by atoms with Gasteiger partial charge in [-0.3, -0.25) is 15.5 Å². The average Bonchev–Trinajstić information content (AvgIpc) is 2.31. The summed E-state index contributed by atoms with van der Waals surface area (Å²) >= 11 is 0. The van der Waals surface area contributed by atoms with Crippen LogP contribution in [-0.2, 0) is 11.2 Å². The first-order valence-electron chi connectivity index (χ1n) is 5.63. The fourth-order valence-electron chi connectivity index (χ4n) is 1.92. The fraction of sp³-hybridized carbons (Fsp3) is 0.500. The summed E-state index contributed by atoms with van der Waals surface area (Å²) in [5.41, 5.74) is 8.59. The highest BCUT2D eigenvalue weighted by atomic mass is 16.2. The molecule has 2 heterocycles. The van der Waals surface area contributed by atoms with E-state index < -0.39 is 0 Å². The van der Waals surface area contributed by atoms with Gasteiger partial charge in [-0.25, -0.2) is 0 Å². The van der Waals surface area contributed by atoms with E-state index in [0.29, 0.717) is 6.42 Å². The van der Waals surface area contributed by atoms with Gasteiger partial charge >= 0.3 is 0 Å². The van der Waals surface area contributed by atoms with Crippen LogP contribution in [0.15, 0.2) is 24.5 Å². The molecule has 0 aromatic carbocycles. The van der Waals surface area contributed by atoms with Gasteiger partial charge in [0.1, 0.15) is 0 Å². The molecule has 1 fully saturated rings. The van der Waals surface area contributed by atoms with Crippen LogP contribution in [0.2, 0.25) is 0 Å². The zero-order valence-electron chi connectivity index (χ0n) is 9.22. The second-order valence-electron chi connectivity index (χ2n) is 4.19. The number of hydrogen-bond acceptors (Lipinski definition) is 2. The molecule has 1 N–H and O–H groups in total. The van der Waals surface area contributed by atoms with Crippen molar-refractivity contribution in [2.24, 2.45) is 0 Å². The Labute approximate surface area is 95.5 Å². The first kappa shape index (κ1) is 11.1. The lowest BCUT2D eigenvalue weighted by Gasteiger charge is -2.29. The number of rotatable bonds is 2.